The van der Waals surface area contributed by atoms with Crippen molar-refractivity contribution in [2.75, 3.05) is 13.2 Å². The van der Waals surface area contributed by atoms with E-state index in [0.29, 0.717) is 35.2 Å². The third kappa shape index (κ3) is 7.58. The molecule has 0 aliphatic carbocycles. The summed E-state index contributed by atoms with van der Waals surface area (Å²) in [6.07, 6.45) is 0.896. The summed E-state index contributed by atoms with van der Waals surface area (Å²) >= 11 is 12.4. The van der Waals surface area contributed by atoms with E-state index in [1.165, 1.54) is 11.6 Å². The number of hydrogen-bond donors (Lipinski definition) is 1. The van der Waals surface area contributed by atoms with Gasteiger partial charge in [0, 0.05) is 17.1 Å². The van der Waals surface area contributed by atoms with E-state index in [2.05, 4.69) is 5.32 Å². The van der Waals surface area contributed by atoms with Crippen molar-refractivity contribution in [2.24, 2.45) is 0 Å². The standard InChI is InChI=1S/C24H24Cl2FNO2.ClH/c1-2-29-23-14-18(15-28-12-11-17-7-9-20(25)10-8-17)13-21(26)24(23)30-16-19-5-3-4-6-22(19)27;/h3-10,13-14,28H,2,11-12,15-16H2,1H3;1H. The van der Waals surface area contributed by atoms with Crippen LogP contribution in [-0.2, 0) is 19.6 Å². The van der Waals surface area contributed by atoms with E-state index in [4.69, 9.17) is 32.7 Å². The predicted octanol–water partition coefficient (Wildman–Crippen LogP) is 6.86. The molecule has 0 bridgehead atoms. The van der Waals surface area contributed by atoms with Crippen LogP contribution in [0.25, 0.3) is 0 Å². The quantitative estimate of drug-likeness (QED) is 0.319. The molecular weight excluding hydrogens is 460 g/mol. The van der Waals surface area contributed by atoms with Gasteiger partial charge in [0.15, 0.2) is 11.5 Å². The first kappa shape index (κ1) is 25.3. The van der Waals surface area contributed by atoms with Gasteiger partial charge in [-0.1, -0.05) is 53.5 Å². The summed E-state index contributed by atoms with van der Waals surface area (Å²) in [6.45, 7) is 3.90. The molecule has 0 radical (unpaired) electrons. The summed E-state index contributed by atoms with van der Waals surface area (Å²) in [5, 5.41) is 4.58. The van der Waals surface area contributed by atoms with E-state index in [-0.39, 0.29) is 24.8 Å². The minimum absolute atomic E-state index is 0. The summed E-state index contributed by atoms with van der Waals surface area (Å²) in [5.74, 6) is 0.663. The molecule has 0 unspecified atom stereocenters. The molecule has 0 saturated heterocycles. The molecule has 0 heterocycles. The minimum atomic E-state index is -0.312. The van der Waals surface area contributed by atoms with Crippen LogP contribution in [0, 0.1) is 5.82 Å². The molecule has 7 heteroatoms. The lowest BCUT2D eigenvalue weighted by molar-refractivity contribution is 0.266. The Kier molecular flexibility index (Phi) is 10.4. The maximum absolute atomic E-state index is 13.9. The molecule has 3 aromatic rings. The van der Waals surface area contributed by atoms with Crippen LogP contribution in [0.4, 0.5) is 4.39 Å². The number of rotatable bonds is 10. The molecule has 166 valence electrons. The summed E-state index contributed by atoms with van der Waals surface area (Å²) < 4.78 is 25.4. The first-order valence-electron chi connectivity index (χ1n) is 9.83. The Morgan fingerprint density at radius 2 is 1.68 bits per heavy atom. The van der Waals surface area contributed by atoms with E-state index >= 15 is 0 Å². The number of hydrogen-bond acceptors (Lipinski definition) is 3. The highest BCUT2D eigenvalue weighted by Gasteiger charge is 2.14. The highest BCUT2D eigenvalue weighted by atomic mass is 35.5. The summed E-state index contributed by atoms with van der Waals surface area (Å²) in [7, 11) is 0. The second-order valence-electron chi connectivity index (χ2n) is 6.77. The maximum Gasteiger partial charge on any atom is 0.180 e. The third-order valence-electron chi connectivity index (χ3n) is 4.53. The van der Waals surface area contributed by atoms with Gasteiger partial charge in [-0.15, -0.1) is 12.4 Å². The van der Waals surface area contributed by atoms with Crippen LogP contribution in [0.1, 0.15) is 23.6 Å². The van der Waals surface area contributed by atoms with Gasteiger partial charge >= 0.3 is 0 Å². The van der Waals surface area contributed by atoms with Crippen LogP contribution in [0.3, 0.4) is 0 Å². The molecule has 0 spiro atoms. The fraction of sp³-hybridized carbons (Fsp3) is 0.250. The number of benzene rings is 3. The largest absolute Gasteiger partial charge is 0.490 e. The van der Waals surface area contributed by atoms with E-state index in [9.17, 15) is 4.39 Å². The second-order valence-corrected chi connectivity index (χ2v) is 7.61. The van der Waals surface area contributed by atoms with Crippen molar-refractivity contribution in [3.8, 4) is 11.5 Å². The molecule has 0 aromatic heterocycles. The Balaban J connectivity index is 0.00000341. The van der Waals surface area contributed by atoms with Crippen LogP contribution >= 0.6 is 35.6 Å². The fourth-order valence-electron chi connectivity index (χ4n) is 3.01. The maximum atomic E-state index is 13.9. The Labute approximate surface area is 198 Å². The summed E-state index contributed by atoms with van der Waals surface area (Å²) in [5.41, 5.74) is 2.67. The van der Waals surface area contributed by atoms with E-state index in [1.807, 2.05) is 43.3 Å². The average molecular weight is 485 g/mol. The van der Waals surface area contributed by atoms with E-state index < -0.39 is 0 Å². The van der Waals surface area contributed by atoms with Gasteiger partial charge in [-0.3, -0.25) is 0 Å². The first-order chi connectivity index (χ1) is 14.6. The van der Waals surface area contributed by atoms with E-state index in [1.54, 1.807) is 18.2 Å². The zero-order valence-electron chi connectivity index (χ0n) is 17.2. The van der Waals surface area contributed by atoms with Crippen LogP contribution in [0.2, 0.25) is 10.0 Å². The zero-order chi connectivity index (χ0) is 21.3. The van der Waals surface area contributed by atoms with Gasteiger partial charge in [0.2, 0.25) is 0 Å². The third-order valence-corrected chi connectivity index (χ3v) is 5.06. The van der Waals surface area contributed by atoms with Crippen LogP contribution in [0.15, 0.2) is 60.7 Å². The van der Waals surface area contributed by atoms with Crippen molar-refractivity contribution in [1.29, 1.82) is 0 Å². The Morgan fingerprint density at radius 3 is 2.39 bits per heavy atom. The number of nitrogens with one attached hydrogen (secondary N) is 1. The smallest absolute Gasteiger partial charge is 0.180 e. The van der Waals surface area contributed by atoms with Crippen LogP contribution in [-0.4, -0.2) is 13.2 Å². The number of halogens is 4. The lowest BCUT2D eigenvalue weighted by Gasteiger charge is -2.16. The summed E-state index contributed by atoms with van der Waals surface area (Å²) in [6, 6.07) is 18.1. The summed E-state index contributed by atoms with van der Waals surface area (Å²) in [4.78, 5) is 0. The molecule has 3 rings (SSSR count). The van der Waals surface area contributed by atoms with Gasteiger partial charge < -0.3 is 14.8 Å². The van der Waals surface area contributed by atoms with Gasteiger partial charge in [-0.25, -0.2) is 4.39 Å². The molecule has 0 atom stereocenters. The lowest BCUT2D eigenvalue weighted by Crippen LogP contribution is -2.16. The Bertz CT molecular complexity index is 968. The second kappa shape index (κ2) is 12.8. The number of ether oxygens (including phenoxy) is 2. The molecule has 3 nitrogen and oxygen atoms in total. The van der Waals surface area contributed by atoms with Crippen LogP contribution < -0.4 is 14.8 Å². The van der Waals surface area contributed by atoms with Crippen LogP contribution in [0.5, 0.6) is 11.5 Å². The molecular formula is C24H25Cl3FNO2. The SMILES string of the molecule is CCOc1cc(CNCCc2ccc(Cl)cc2)cc(Cl)c1OCc1ccccc1F.Cl. The monoisotopic (exact) mass is 483 g/mol. The van der Waals surface area contributed by atoms with Gasteiger partial charge in [0.05, 0.1) is 11.6 Å². The fourth-order valence-corrected chi connectivity index (χ4v) is 3.42. The van der Waals surface area contributed by atoms with Crippen molar-refractivity contribution < 1.29 is 13.9 Å². The van der Waals surface area contributed by atoms with Gasteiger partial charge in [-0.2, -0.15) is 0 Å². The molecule has 0 fully saturated rings. The topological polar surface area (TPSA) is 30.5 Å². The highest BCUT2D eigenvalue weighted by Crippen LogP contribution is 2.37. The molecule has 0 saturated carbocycles. The highest BCUT2D eigenvalue weighted by molar-refractivity contribution is 6.32. The predicted molar refractivity (Wildman–Crippen MR) is 127 cm³/mol. The molecule has 1 N–H and O–H groups in total. The lowest BCUT2D eigenvalue weighted by atomic mass is 10.1. The molecule has 0 aliphatic rings. The Morgan fingerprint density at radius 1 is 0.935 bits per heavy atom. The van der Waals surface area contributed by atoms with E-state index in [0.717, 1.165) is 23.6 Å². The Hall–Kier alpha value is -1.98. The van der Waals surface area contributed by atoms with Crippen molar-refractivity contribution in [2.45, 2.75) is 26.5 Å². The van der Waals surface area contributed by atoms with Gasteiger partial charge in [0.1, 0.15) is 12.4 Å². The molecule has 31 heavy (non-hydrogen) atoms. The normalized spacial score (nSPS) is 10.5. The molecule has 0 amide bonds. The average Bonchev–Trinajstić information content (AvgIpc) is 2.73. The molecule has 3 aromatic carbocycles. The molecule has 0 aliphatic heterocycles. The first-order valence-corrected chi connectivity index (χ1v) is 10.6. The minimum Gasteiger partial charge on any atom is -0.490 e. The van der Waals surface area contributed by atoms with Crippen molar-refractivity contribution >= 4 is 35.6 Å². The van der Waals surface area contributed by atoms with Crippen molar-refractivity contribution in [1.82, 2.24) is 5.32 Å². The van der Waals surface area contributed by atoms with Crippen molar-refractivity contribution in [3.05, 3.63) is 93.2 Å². The zero-order valence-corrected chi connectivity index (χ0v) is 19.5. The van der Waals surface area contributed by atoms with Crippen molar-refractivity contribution in [3.63, 3.8) is 0 Å². The van der Waals surface area contributed by atoms with Gasteiger partial charge in [-0.05, 0) is 61.3 Å². The van der Waals surface area contributed by atoms with Gasteiger partial charge in [0.25, 0.3) is 0 Å².